The normalized spacial score (nSPS) is 12.6. The molecule has 5 nitrogen and oxygen atoms in total. The number of benzene rings is 1. The van der Waals surface area contributed by atoms with Crippen molar-refractivity contribution in [2.45, 2.75) is 46.4 Å². The summed E-state index contributed by atoms with van der Waals surface area (Å²) < 4.78 is 7.82. The van der Waals surface area contributed by atoms with Crippen LogP contribution in [-0.4, -0.2) is 14.8 Å². The predicted molar refractivity (Wildman–Crippen MR) is 82.9 cm³/mol. The van der Waals surface area contributed by atoms with E-state index in [1.807, 2.05) is 28.9 Å². The first-order chi connectivity index (χ1) is 10.1. The molecular formula is C16H24N4O. The number of para-hydroxylation sites is 1. The minimum Gasteiger partial charge on any atom is -0.485 e. The summed E-state index contributed by atoms with van der Waals surface area (Å²) >= 11 is 0. The number of rotatable bonds is 7. The Morgan fingerprint density at radius 2 is 2.05 bits per heavy atom. The van der Waals surface area contributed by atoms with Crippen LogP contribution in [0.2, 0.25) is 0 Å². The molecule has 2 rings (SSSR count). The Balaban J connectivity index is 2.08. The molecular weight excluding hydrogens is 264 g/mol. The molecule has 1 aromatic carbocycles. The van der Waals surface area contributed by atoms with E-state index in [1.54, 1.807) is 6.33 Å². The maximum Gasteiger partial charge on any atom is 0.164 e. The molecule has 0 aliphatic heterocycles. The molecule has 0 aliphatic rings. The van der Waals surface area contributed by atoms with Gasteiger partial charge in [0.1, 0.15) is 18.7 Å². The molecule has 2 aromatic rings. The predicted octanol–water partition coefficient (Wildman–Crippen LogP) is 2.92. The van der Waals surface area contributed by atoms with Crippen LogP contribution in [0.1, 0.15) is 44.6 Å². The smallest absolute Gasteiger partial charge is 0.164 e. The first kappa shape index (κ1) is 15.5. The van der Waals surface area contributed by atoms with Gasteiger partial charge >= 0.3 is 0 Å². The zero-order valence-corrected chi connectivity index (χ0v) is 13.0. The lowest BCUT2D eigenvalue weighted by Crippen LogP contribution is -2.14. The van der Waals surface area contributed by atoms with Gasteiger partial charge in [-0.3, -0.25) is 0 Å². The lowest BCUT2D eigenvalue weighted by Gasteiger charge is -2.16. The van der Waals surface area contributed by atoms with Crippen LogP contribution < -0.4 is 10.5 Å². The van der Waals surface area contributed by atoms with Crippen molar-refractivity contribution in [2.75, 3.05) is 0 Å². The first-order valence-corrected chi connectivity index (χ1v) is 7.45. The quantitative estimate of drug-likeness (QED) is 0.850. The standard InChI is InChI=1S/C16H24N4O/c1-4-14(17)13-7-5-6-8-15(13)21-10-16-18-11-19-20(16)9-12(2)3/h5-8,11-12,14H,4,9-10,17H2,1-3H3/t14-/m0/s1. The average Bonchev–Trinajstić information content (AvgIpc) is 2.91. The number of ether oxygens (including phenoxy) is 1. The molecule has 0 saturated carbocycles. The Labute approximate surface area is 126 Å². The highest BCUT2D eigenvalue weighted by Gasteiger charge is 2.12. The molecule has 21 heavy (non-hydrogen) atoms. The van der Waals surface area contributed by atoms with Crippen LogP contribution in [0.15, 0.2) is 30.6 Å². The first-order valence-electron chi connectivity index (χ1n) is 7.45. The Bertz CT molecular complexity index is 565. The van der Waals surface area contributed by atoms with Gasteiger partial charge < -0.3 is 10.5 Å². The van der Waals surface area contributed by atoms with E-state index in [9.17, 15) is 0 Å². The summed E-state index contributed by atoms with van der Waals surface area (Å²) in [6.07, 6.45) is 2.45. The highest BCUT2D eigenvalue weighted by Crippen LogP contribution is 2.25. The van der Waals surface area contributed by atoms with Gasteiger partial charge in [0.15, 0.2) is 5.82 Å². The third-order valence-corrected chi connectivity index (χ3v) is 3.35. The van der Waals surface area contributed by atoms with Crippen molar-refractivity contribution in [3.63, 3.8) is 0 Å². The van der Waals surface area contributed by atoms with Gasteiger partial charge in [0, 0.05) is 18.2 Å². The van der Waals surface area contributed by atoms with Gasteiger partial charge in [0.2, 0.25) is 0 Å². The van der Waals surface area contributed by atoms with E-state index in [1.165, 1.54) is 0 Å². The van der Waals surface area contributed by atoms with Crippen molar-refractivity contribution < 1.29 is 4.74 Å². The Morgan fingerprint density at radius 3 is 2.76 bits per heavy atom. The highest BCUT2D eigenvalue weighted by atomic mass is 16.5. The van der Waals surface area contributed by atoms with Crippen molar-refractivity contribution in [2.24, 2.45) is 11.7 Å². The lowest BCUT2D eigenvalue weighted by molar-refractivity contribution is 0.278. The van der Waals surface area contributed by atoms with Gasteiger partial charge in [-0.15, -0.1) is 0 Å². The number of hydrogen-bond donors (Lipinski definition) is 1. The molecule has 0 saturated heterocycles. The second-order valence-electron chi connectivity index (χ2n) is 5.59. The van der Waals surface area contributed by atoms with Crippen molar-refractivity contribution in [1.82, 2.24) is 14.8 Å². The fourth-order valence-corrected chi connectivity index (χ4v) is 2.18. The van der Waals surface area contributed by atoms with E-state index in [0.29, 0.717) is 12.5 Å². The fraction of sp³-hybridized carbons (Fsp3) is 0.500. The molecule has 1 heterocycles. The Kier molecular flexibility index (Phi) is 5.33. The molecule has 0 spiro atoms. The maximum atomic E-state index is 6.13. The second kappa shape index (κ2) is 7.22. The summed E-state index contributed by atoms with van der Waals surface area (Å²) in [6.45, 7) is 7.62. The summed E-state index contributed by atoms with van der Waals surface area (Å²) in [5, 5.41) is 4.24. The van der Waals surface area contributed by atoms with Crippen LogP contribution in [-0.2, 0) is 13.2 Å². The van der Waals surface area contributed by atoms with Crippen molar-refractivity contribution in [3.8, 4) is 5.75 Å². The molecule has 0 amide bonds. The third kappa shape index (κ3) is 4.04. The Hall–Kier alpha value is -1.88. The fourth-order valence-electron chi connectivity index (χ4n) is 2.18. The molecule has 5 heteroatoms. The number of hydrogen-bond acceptors (Lipinski definition) is 4. The minimum atomic E-state index is -0.00488. The van der Waals surface area contributed by atoms with Gasteiger partial charge in [-0.1, -0.05) is 39.0 Å². The van der Waals surface area contributed by atoms with Crippen molar-refractivity contribution >= 4 is 0 Å². The summed E-state index contributed by atoms with van der Waals surface area (Å²) in [5.41, 5.74) is 7.16. The molecule has 0 bridgehead atoms. The van der Waals surface area contributed by atoms with E-state index < -0.39 is 0 Å². The zero-order valence-electron chi connectivity index (χ0n) is 13.0. The number of aromatic nitrogens is 3. The molecule has 0 unspecified atom stereocenters. The van der Waals surface area contributed by atoms with Gasteiger partial charge in [0.05, 0.1) is 0 Å². The monoisotopic (exact) mass is 288 g/mol. The van der Waals surface area contributed by atoms with E-state index in [-0.39, 0.29) is 6.04 Å². The second-order valence-corrected chi connectivity index (χ2v) is 5.59. The Morgan fingerprint density at radius 1 is 1.29 bits per heavy atom. The zero-order chi connectivity index (χ0) is 15.2. The molecule has 1 atom stereocenters. The van der Waals surface area contributed by atoms with Gasteiger partial charge in [-0.2, -0.15) is 5.10 Å². The van der Waals surface area contributed by atoms with Crippen molar-refractivity contribution in [3.05, 3.63) is 42.0 Å². The molecule has 0 aliphatic carbocycles. The van der Waals surface area contributed by atoms with Crippen LogP contribution in [0.25, 0.3) is 0 Å². The maximum absolute atomic E-state index is 6.13. The lowest BCUT2D eigenvalue weighted by atomic mass is 10.0. The van der Waals surface area contributed by atoms with Gasteiger partial charge in [0.25, 0.3) is 0 Å². The van der Waals surface area contributed by atoms with E-state index >= 15 is 0 Å². The third-order valence-electron chi connectivity index (χ3n) is 3.35. The van der Waals surface area contributed by atoms with Gasteiger partial charge in [-0.05, 0) is 18.4 Å². The SMILES string of the molecule is CC[C@H](N)c1ccccc1OCc1ncnn1CC(C)C. The van der Waals surface area contributed by atoms with E-state index in [2.05, 4.69) is 30.9 Å². The summed E-state index contributed by atoms with van der Waals surface area (Å²) in [6, 6.07) is 7.91. The number of nitrogens with zero attached hydrogens (tertiary/aromatic N) is 3. The molecule has 114 valence electrons. The molecule has 0 radical (unpaired) electrons. The highest BCUT2D eigenvalue weighted by molar-refractivity contribution is 5.35. The van der Waals surface area contributed by atoms with Crippen LogP contribution in [0.5, 0.6) is 5.75 Å². The van der Waals surface area contributed by atoms with Gasteiger partial charge in [-0.25, -0.2) is 9.67 Å². The summed E-state index contributed by atoms with van der Waals surface area (Å²) in [7, 11) is 0. The summed E-state index contributed by atoms with van der Waals surface area (Å²) in [5.74, 6) is 2.18. The molecule has 1 aromatic heterocycles. The van der Waals surface area contributed by atoms with Crippen LogP contribution in [0.4, 0.5) is 0 Å². The summed E-state index contributed by atoms with van der Waals surface area (Å²) in [4.78, 5) is 4.27. The largest absolute Gasteiger partial charge is 0.485 e. The molecule has 2 N–H and O–H groups in total. The van der Waals surface area contributed by atoms with E-state index in [0.717, 1.165) is 30.1 Å². The molecule has 0 fully saturated rings. The van der Waals surface area contributed by atoms with Crippen LogP contribution in [0.3, 0.4) is 0 Å². The van der Waals surface area contributed by atoms with E-state index in [4.69, 9.17) is 10.5 Å². The average molecular weight is 288 g/mol. The topological polar surface area (TPSA) is 66.0 Å². The van der Waals surface area contributed by atoms with Crippen LogP contribution in [0, 0.1) is 5.92 Å². The minimum absolute atomic E-state index is 0.00488. The van der Waals surface area contributed by atoms with Crippen molar-refractivity contribution in [1.29, 1.82) is 0 Å². The van der Waals surface area contributed by atoms with Crippen LogP contribution >= 0.6 is 0 Å². The number of nitrogens with two attached hydrogens (primary N) is 1.